The van der Waals surface area contributed by atoms with E-state index in [1.165, 1.54) is 47.1 Å². The molecule has 0 saturated carbocycles. The zero-order valence-corrected chi connectivity index (χ0v) is 24.3. The third kappa shape index (κ3) is 5.46. The number of rotatable bonds is 6. The zero-order chi connectivity index (χ0) is 32.3. The Morgan fingerprint density at radius 3 is 2.42 bits per heavy atom. The molecule has 0 radical (unpaired) electrons. The molecule has 0 saturated heterocycles. The number of pyridine rings is 2. The maximum absolute atomic E-state index is 13.6. The minimum atomic E-state index is -4.76. The van der Waals surface area contributed by atoms with Gasteiger partial charge in [0.2, 0.25) is 5.88 Å². The summed E-state index contributed by atoms with van der Waals surface area (Å²) in [7, 11) is 2.99. The lowest BCUT2D eigenvalue weighted by atomic mass is 9.83. The summed E-state index contributed by atoms with van der Waals surface area (Å²) in [6.07, 6.45) is -5.72. The highest BCUT2D eigenvalue weighted by Gasteiger charge is 2.41. The molecule has 0 bridgehead atoms. The quantitative estimate of drug-likeness (QED) is 0.257. The highest BCUT2D eigenvalue weighted by atomic mass is 35.5. The molecule has 1 N–H and O–H groups in total. The van der Waals surface area contributed by atoms with Gasteiger partial charge in [-0.1, -0.05) is 17.7 Å². The summed E-state index contributed by atoms with van der Waals surface area (Å²) in [5.74, 6) is -0.905. The van der Waals surface area contributed by atoms with Crippen LogP contribution in [0.25, 0.3) is 10.9 Å². The highest BCUT2D eigenvalue weighted by Crippen LogP contribution is 2.42. The summed E-state index contributed by atoms with van der Waals surface area (Å²) >= 11 is 6.93. The molecule has 1 atom stereocenters. The van der Waals surface area contributed by atoms with Gasteiger partial charge in [0.25, 0.3) is 5.82 Å². The van der Waals surface area contributed by atoms with Crippen LogP contribution in [0.1, 0.15) is 39.7 Å². The van der Waals surface area contributed by atoms with E-state index in [2.05, 4.69) is 25.0 Å². The van der Waals surface area contributed by atoms with Gasteiger partial charge in [-0.05, 0) is 35.4 Å². The lowest BCUT2D eigenvalue weighted by molar-refractivity contribution is -0.145. The first kappa shape index (κ1) is 30.7. The monoisotopic (exact) mass is 652 g/mol. The Morgan fingerprint density at radius 2 is 1.76 bits per heavy atom. The van der Waals surface area contributed by atoms with E-state index in [0.717, 1.165) is 12.3 Å². The molecule has 4 aromatic heterocycles. The van der Waals surface area contributed by atoms with Crippen LogP contribution in [0.2, 0.25) is 5.02 Å². The van der Waals surface area contributed by atoms with Gasteiger partial charge in [0.1, 0.15) is 11.5 Å². The highest BCUT2D eigenvalue weighted by molar-refractivity contribution is 6.36. The van der Waals surface area contributed by atoms with E-state index in [-0.39, 0.29) is 53.2 Å². The molecule has 6 rings (SSSR count). The van der Waals surface area contributed by atoms with Gasteiger partial charge in [0.05, 0.1) is 49.0 Å². The fourth-order valence-corrected chi connectivity index (χ4v) is 5.71. The van der Waals surface area contributed by atoms with E-state index in [1.54, 1.807) is 13.1 Å². The van der Waals surface area contributed by atoms with Gasteiger partial charge >= 0.3 is 12.4 Å². The Hall–Kier alpha value is -4.28. The number of imidazole rings is 1. The van der Waals surface area contributed by atoms with Crippen LogP contribution in [0, 0.1) is 0 Å². The Balaban J connectivity index is 1.43. The molecule has 1 aliphatic rings. The number of ether oxygens (including phenoxy) is 1. The second-order valence-electron chi connectivity index (χ2n) is 10.5. The molecule has 1 aliphatic heterocycles. The predicted molar refractivity (Wildman–Crippen MR) is 147 cm³/mol. The van der Waals surface area contributed by atoms with E-state index >= 15 is 0 Å². The van der Waals surface area contributed by atoms with E-state index in [0.29, 0.717) is 23.0 Å². The second-order valence-corrected chi connectivity index (χ2v) is 10.8. The van der Waals surface area contributed by atoms with Crippen molar-refractivity contribution >= 4 is 22.5 Å². The molecule has 0 fully saturated rings. The Labute approximate surface area is 255 Å². The first-order valence-corrected chi connectivity index (χ1v) is 13.7. The lowest BCUT2D eigenvalue weighted by Gasteiger charge is -2.30. The average Bonchev–Trinajstić information content (AvgIpc) is 3.64. The van der Waals surface area contributed by atoms with Gasteiger partial charge < -0.3 is 14.4 Å². The van der Waals surface area contributed by atoms with Crippen molar-refractivity contribution in [2.45, 2.75) is 37.6 Å². The number of aryl methyl sites for hydroxylation is 1. The first-order chi connectivity index (χ1) is 21.2. The number of nitrogens with zero attached hydrogens (tertiary/aromatic N) is 8. The van der Waals surface area contributed by atoms with Gasteiger partial charge in [-0.15, -0.1) is 5.10 Å². The Bertz CT molecular complexity index is 1910. The molecule has 0 unspecified atom stereocenters. The van der Waals surface area contributed by atoms with Crippen molar-refractivity contribution in [1.82, 2.24) is 39.2 Å². The topological polar surface area (TPSA) is 107 Å². The molecule has 0 aliphatic carbocycles. The van der Waals surface area contributed by atoms with Crippen molar-refractivity contribution in [2.75, 3.05) is 13.7 Å². The van der Waals surface area contributed by atoms with Crippen LogP contribution in [0.15, 0.2) is 49.1 Å². The van der Waals surface area contributed by atoms with Gasteiger partial charge in [-0.3, -0.25) is 9.88 Å². The minimum absolute atomic E-state index is 0.0461. The smallest absolute Gasteiger partial charge is 0.453 e. The number of alkyl halides is 6. The first-order valence-electron chi connectivity index (χ1n) is 13.3. The van der Waals surface area contributed by atoms with Crippen molar-refractivity contribution in [2.24, 2.45) is 7.05 Å². The van der Waals surface area contributed by atoms with Crippen LogP contribution < -0.4 is 4.74 Å². The van der Waals surface area contributed by atoms with E-state index in [4.69, 9.17) is 16.3 Å². The third-order valence-corrected chi connectivity index (χ3v) is 8.05. The van der Waals surface area contributed by atoms with Crippen LogP contribution in [0.4, 0.5) is 26.3 Å². The summed E-state index contributed by atoms with van der Waals surface area (Å²) < 4.78 is 88.5. The van der Waals surface area contributed by atoms with Gasteiger partial charge in [0.15, 0.2) is 5.60 Å². The largest absolute Gasteiger partial charge is 0.481 e. The molecule has 236 valence electrons. The summed E-state index contributed by atoms with van der Waals surface area (Å²) in [5.41, 5.74) is -2.29. The number of aromatic nitrogens is 7. The fourth-order valence-electron chi connectivity index (χ4n) is 5.42. The summed E-state index contributed by atoms with van der Waals surface area (Å²) in [4.78, 5) is 17.5. The number of benzene rings is 1. The second kappa shape index (κ2) is 11.0. The lowest BCUT2D eigenvalue weighted by Crippen LogP contribution is -2.34. The van der Waals surface area contributed by atoms with Gasteiger partial charge in [0, 0.05) is 37.3 Å². The molecule has 1 aromatic carbocycles. The molecular weight excluding hydrogens is 630 g/mol. The molecule has 45 heavy (non-hydrogen) atoms. The van der Waals surface area contributed by atoms with Gasteiger partial charge in [-0.25, -0.2) is 19.6 Å². The van der Waals surface area contributed by atoms with Crippen LogP contribution >= 0.6 is 11.6 Å². The minimum Gasteiger partial charge on any atom is -0.481 e. The van der Waals surface area contributed by atoms with Crippen molar-refractivity contribution in [1.29, 1.82) is 0 Å². The number of fused-ring (bicyclic) bond motifs is 2. The number of hydrogen-bond donors (Lipinski definition) is 1. The van der Waals surface area contributed by atoms with Crippen LogP contribution in [-0.2, 0) is 44.6 Å². The van der Waals surface area contributed by atoms with E-state index < -0.39 is 29.5 Å². The average molecular weight is 653 g/mol. The third-order valence-electron chi connectivity index (χ3n) is 7.62. The predicted octanol–water partition coefficient (Wildman–Crippen LogP) is 4.95. The van der Waals surface area contributed by atoms with Gasteiger partial charge in [-0.2, -0.15) is 26.3 Å². The molecule has 10 nitrogen and oxygen atoms in total. The molecule has 5 aromatic rings. The molecule has 0 spiro atoms. The Morgan fingerprint density at radius 1 is 1.00 bits per heavy atom. The standard InChI is InChI=1S/C28H23ClF6N8O2/c1-41-14-36-11-21(41)26(44,16-5-6-37-20(10-16)27(30,31)32)15-3-4-19-17(9-15)23(29)18(24(38-19)45-2)12-42-7-8-43-22(13-42)39-25(40-43)28(33,34)35/h3-6,9-11,14,44H,7-8,12-13H2,1-2H3/t26-/m1/s1. The van der Waals surface area contributed by atoms with Crippen LogP contribution in [0.3, 0.4) is 0 Å². The van der Waals surface area contributed by atoms with Crippen molar-refractivity contribution in [3.8, 4) is 5.88 Å². The molecular formula is C28H23ClF6N8O2. The zero-order valence-electron chi connectivity index (χ0n) is 23.5. The fraction of sp³-hybridized carbons (Fsp3) is 0.321. The maximum atomic E-state index is 13.6. The summed E-state index contributed by atoms with van der Waals surface area (Å²) in [6, 6.07) is 6.65. The molecule has 17 heteroatoms. The van der Waals surface area contributed by atoms with Crippen LogP contribution in [-0.4, -0.2) is 57.9 Å². The van der Waals surface area contributed by atoms with Crippen molar-refractivity contribution in [3.05, 3.63) is 93.8 Å². The summed E-state index contributed by atoms with van der Waals surface area (Å²) in [6.45, 7) is 0.654. The number of halogens is 7. The molecule has 0 amide bonds. The van der Waals surface area contributed by atoms with E-state index in [1.807, 2.05) is 4.90 Å². The Kier molecular flexibility index (Phi) is 7.48. The summed E-state index contributed by atoms with van der Waals surface area (Å²) in [5, 5.41) is 16.4. The number of hydrogen-bond acceptors (Lipinski definition) is 8. The normalized spacial score (nSPS) is 15.7. The SMILES string of the molecule is COc1nc2ccc([C@@](O)(c3ccnc(C(F)(F)F)c3)c3cncn3C)cc2c(Cl)c1CN1CCn2nc(C(F)(F)F)nc2C1. The number of methoxy groups -OCH3 is 1. The number of aliphatic hydroxyl groups is 1. The van der Waals surface area contributed by atoms with Crippen molar-refractivity contribution < 1.29 is 36.2 Å². The van der Waals surface area contributed by atoms with Crippen molar-refractivity contribution in [3.63, 3.8) is 0 Å². The molecule has 5 heterocycles. The maximum Gasteiger partial charge on any atom is 0.453 e. The van der Waals surface area contributed by atoms with E-state index in [9.17, 15) is 31.4 Å². The van der Waals surface area contributed by atoms with Crippen LogP contribution in [0.5, 0.6) is 5.88 Å².